The largest absolute Gasteiger partial charge is 0.303 e. The molecule has 0 saturated carbocycles. The first-order valence-electron chi connectivity index (χ1n) is 6.62. The minimum Gasteiger partial charge on any atom is -0.303 e. The summed E-state index contributed by atoms with van der Waals surface area (Å²) in [6.07, 6.45) is 0. The van der Waals surface area contributed by atoms with Gasteiger partial charge in [-0.1, -0.05) is 44.2 Å². The first kappa shape index (κ1) is 16.0. The highest BCUT2D eigenvalue weighted by molar-refractivity contribution is 8.00. The lowest BCUT2D eigenvalue weighted by Crippen LogP contribution is -2.34. The van der Waals surface area contributed by atoms with Gasteiger partial charge in [-0.15, -0.1) is 11.8 Å². The van der Waals surface area contributed by atoms with Crippen LogP contribution in [0.2, 0.25) is 0 Å². The molecule has 0 spiro atoms. The molecular formula is C14H23N3OS. The Morgan fingerprint density at radius 1 is 1.32 bits per heavy atom. The Balaban J connectivity index is 2.59. The number of carbonyl (C=O) groups excluding carboxylic acids is 1. The van der Waals surface area contributed by atoms with Crippen LogP contribution in [0.3, 0.4) is 0 Å². The zero-order valence-corrected chi connectivity index (χ0v) is 12.5. The number of rotatable bonds is 8. The summed E-state index contributed by atoms with van der Waals surface area (Å²) in [5, 5.41) is -0.234. The average molecular weight is 281 g/mol. The maximum Gasteiger partial charge on any atom is 0.251 e. The van der Waals surface area contributed by atoms with Crippen LogP contribution >= 0.6 is 11.8 Å². The lowest BCUT2D eigenvalue weighted by atomic mass is 10.1. The minimum atomic E-state index is -0.234. The van der Waals surface area contributed by atoms with Crippen molar-refractivity contribution >= 4 is 17.7 Å². The molecule has 3 N–H and O–H groups in total. The Hall–Kier alpha value is -1.04. The smallest absolute Gasteiger partial charge is 0.251 e. The Labute approximate surface area is 119 Å². The summed E-state index contributed by atoms with van der Waals surface area (Å²) >= 11 is 1.63. The Kier molecular flexibility index (Phi) is 7.55. The highest BCUT2D eigenvalue weighted by Gasteiger charge is 2.20. The molecule has 0 aromatic heterocycles. The predicted octanol–water partition coefficient (Wildman–Crippen LogP) is 1.79. The number of benzene rings is 1. The number of hydrazine groups is 1. The van der Waals surface area contributed by atoms with E-state index in [4.69, 9.17) is 5.84 Å². The molecule has 4 nitrogen and oxygen atoms in total. The second-order valence-corrected chi connectivity index (χ2v) is 5.41. The van der Waals surface area contributed by atoms with Gasteiger partial charge in [0.2, 0.25) is 0 Å². The molecule has 0 radical (unpaired) electrons. The molecule has 0 heterocycles. The maximum atomic E-state index is 11.9. The summed E-state index contributed by atoms with van der Waals surface area (Å²) in [6.45, 7) is 7.36. The summed E-state index contributed by atoms with van der Waals surface area (Å²) in [4.78, 5) is 14.2. The molecule has 0 saturated heterocycles. The zero-order chi connectivity index (χ0) is 14.1. The second-order valence-electron chi connectivity index (χ2n) is 4.20. The number of nitrogens with one attached hydrogen (secondary N) is 1. The van der Waals surface area contributed by atoms with E-state index in [1.165, 1.54) is 0 Å². The topological polar surface area (TPSA) is 58.4 Å². The molecule has 1 aromatic carbocycles. The lowest BCUT2D eigenvalue weighted by molar-refractivity contribution is -0.120. The second kappa shape index (κ2) is 8.96. The van der Waals surface area contributed by atoms with E-state index in [0.717, 1.165) is 31.0 Å². The summed E-state index contributed by atoms with van der Waals surface area (Å²) < 4.78 is 0. The molecule has 0 bridgehead atoms. The van der Waals surface area contributed by atoms with Gasteiger partial charge in [0.05, 0.1) is 0 Å². The van der Waals surface area contributed by atoms with Crippen molar-refractivity contribution in [3.05, 3.63) is 35.9 Å². The van der Waals surface area contributed by atoms with Gasteiger partial charge in [-0.05, 0) is 18.7 Å². The molecule has 0 aliphatic carbocycles. The van der Waals surface area contributed by atoms with Crippen LogP contribution in [-0.2, 0) is 4.79 Å². The third kappa shape index (κ3) is 5.22. The molecule has 19 heavy (non-hydrogen) atoms. The summed E-state index contributed by atoms with van der Waals surface area (Å²) in [5.41, 5.74) is 3.25. The predicted molar refractivity (Wildman–Crippen MR) is 81.8 cm³/mol. The van der Waals surface area contributed by atoms with Crippen molar-refractivity contribution < 1.29 is 4.79 Å². The lowest BCUT2D eigenvalue weighted by Gasteiger charge is -2.20. The number of thioether (sulfide) groups is 1. The van der Waals surface area contributed by atoms with Crippen LogP contribution in [0, 0.1) is 0 Å². The SMILES string of the molecule is CCN(CC)CCSC(C(=O)NN)c1ccccc1. The first-order chi connectivity index (χ1) is 9.22. The Morgan fingerprint density at radius 3 is 2.47 bits per heavy atom. The minimum absolute atomic E-state index is 0.143. The van der Waals surface area contributed by atoms with Gasteiger partial charge in [0.1, 0.15) is 5.25 Å². The fraction of sp³-hybridized carbons (Fsp3) is 0.500. The van der Waals surface area contributed by atoms with Crippen LogP contribution in [0.4, 0.5) is 0 Å². The van der Waals surface area contributed by atoms with Gasteiger partial charge in [-0.3, -0.25) is 10.2 Å². The molecule has 5 heteroatoms. The Morgan fingerprint density at radius 2 is 1.95 bits per heavy atom. The third-order valence-electron chi connectivity index (χ3n) is 3.07. The van der Waals surface area contributed by atoms with Crippen molar-refractivity contribution in [3.8, 4) is 0 Å². The Bertz CT molecular complexity index is 368. The monoisotopic (exact) mass is 281 g/mol. The van der Waals surface area contributed by atoms with E-state index < -0.39 is 0 Å². The van der Waals surface area contributed by atoms with Crippen molar-refractivity contribution in [2.75, 3.05) is 25.4 Å². The molecule has 106 valence electrons. The normalized spacial score (nSPS) is 12.4. The number of nitrogens with two attached hydrogens (primary N) is 1. The van der Waals surface area contributed by atoms with Gasteiger partial charge < -0.3 is 4.90 Å². The van der Waals surface area contributed by atoms with Crippen LogP contribution in [0.5, 0.6) is 0 Å². The van der Waals surface area contributed by atoms with E-state index in [2.05, 4.69) is 24.2 Å². The van der Waals surface area contributed by atoms with E-state index in [1.54, 1.807) is 11.8 Å². The molecular weight excluding hydrogens is 258 g/mol. The van der Waals surface area contributed by atoms with Gasteiger partial charge in [0.25, 0.3) is 5.91 Å². The van der Waals surface area contributed by atoms with E-state index in [1.807, 2.05) is 30.3 Å². The van der Waals surface area contributed by atoms with Crippen LogP contribution in [0.15, 0.2) is 30.3 Å². The van der Waals surface area contributed by atoms with Crippen molar-refractivity contribution in [3.63, 3.8) is 0 Å². The highest BCUT2D eigenvalue weighted by atomic mass is 32.2. The fourth-order valence-electron chi connectivity index (χ4n) is 1.87. The van der Waals surface area contributed by atoms with Gasteiger partial charge in [-0.2, -0.15) is 0 Å². The van der Waals surface area contributed by atoms with Crippen LogP contribution in [0.1, 0.15) is 24.7 Å². The van der Waals surface area contributed by atoms with E-state index in [0.29, 0.717) is 0 Å². The van der Waals surface area contributed by atoms with Gasteiger partial charge in [0.15, 0.2) is 0 Å². The number of nitrogens with zero attached hydrogens (tertiary/aromatic N) is 1. The van der Waals surface area contributed by atoms with Crippen molar-refractivity contribution in [2.24, 2.45) is 5.84 Å². The van der Waals surface area contributed by atoms with Crippen LogP contribution in [-0.4, -0.2) is 36.2 Å². The quantitative estimate of drug-likeness (QED) is 0.433. The molecule has 1 unspecified atom stereocenters. The van der Waals surface area contributed by atoms with Gasteiger partial charge in [0, 0.05) is 12.3 Å². The van der Waals surface area contributed by atoms with Crippen molar-refractivity contribution in [1.29, 1.82) is 0 Å². The van der Waals surface area contributed by atoms with Crippen LogP contribution < -0.4 is 11.3 Å². The van der Waals surface area contributed by atoms with E-state index >= 15 is 0 Å². The molecule has 1 aromatic rings. The van der Waals surface area contributed by atoms with E-state index in [-0.39, 0.29) is 11.2 Å². The van der Waals surface area contributed by atoms with Crippen molar-refractivity contribution in [1.82, 2.24) is 10.3 Å². The van der Waals surface area contributed by atoms with Gasteiger partial charge >= 0.3 is 0 Å². The van der Waals surface area contributed by atoms with Gasteiger partial charge in [-0.25, -0.2) is 5.84 Å². The van der Waals surface area contributed by atoms with E-state index in [9.17, 15) is 4.79 Å². The zero-order valence-electron chi connectivity index (χ0n) is 11.6. The summed E-state index contributed by atoms with van der Waals surface area (Å²) in [5.74, 6) is 6.04. The number of amides is 1. The third-order valence-corrected chi connectivity index (χ3v) is 4.31. The molecule has 1 rings (SSSR count). The number of hydrogen-bond acceptors (Lipinski definition) is 4. The molecule has 0 aliphatic rings. The number of hydrogen-bond donors (Lipinski definition) is 2. The average Bonchev–Trinajstić information content (AvgIpc) is 2.48. The number of carbonyl (C=O) groups is 1. The molecule has 1 atom stereocenters. The summed E-state index contributed by atoms with van der Waals surface area (Å²) in [7, 11) is 0. The standard InChI is InChI=1S/C14H23N3OS/c1-3-17(4-2)10-11-19-13(14(18)16-15)12-8-6-5-7-9-12/h5-9,13H,3-4,10-11,15H2,1-2H3,(H,16,18). The summed E-state index contributed by atoms with van der Waals surface area (Å²) in [6, 6.07) is 9.75. The first-order valence-corrected chi connectivity index (χ1v) is 7.67. The van der Waals surface area contributed by atoms with Crippen molar-refractivity contribution in [2.45, 2.75) is 19.1 Å². The molecule has 0 fully saturated rings. The maximum absolute atomic E-state index is 11.9. The molecule has 0 aliphatic heterocycles. The highest BCUT2D eigenvalue weighted by Crippen LogP contribution is 2.28. The van der Waals surface area contributed by atoms with Crippen LogP contribution in [0.25, 0.3) is 0 Å². The fourth-order valence-corrected chi connectivity index (χ4v) is 3.03. The molecule has 1 amide bonds.